The van der Waals surface area contributed by atoms with Crippen LogP contribution in [0.1, 0.15) is 28.4 Å². The van der Waals surface area contributed by atoms with Crippen LogP contribution in [0.5, 0.6) is 0 Å². The molecule has 0 spiro atoms. The Bertz CT molecular complexity index is 671. The largest absolute Gasteiger partial charge is 0.313 e. The van der Waals surface area contributed by atoms with Gasteiger partial charge in [0, 0.05) is 23.4 Å². The number of hydrogen-bond donors (Lipinski definition) is 1. The molecule has 0 aliphatic carbocycles. The first-order valence-electron chi connectivity index (χ1n) is 7.14. The molecular weight excluding hydrogens is 260 g/mol. The van der Waals surface area contributed by atoms with Gasteiger partial charge in [-0.15, -0.1) is 0 Å². The number of hydrogen-bond acceptors (Lipinski definition) is 2. The predicted molar refractivity (Wildman–Crippen MR) is 86.1 cm³/mol. The summed E-state index contributed by atoms with van der Waals surface area (Å²) in [4.78, 5) is 14.3. The van der Waals surface area contributed by atoms with Gasteiger partial charge >= 0.3 is 0 Å². The molecule has 106 valence electrons. The van der Waals surface area contributed by atoms with Crippen LogP contribution in [0.4, 0.5) is 5.69 Å². The summed E-state index contributed by atoms with van der Waals surface area (Å²) in [5.74, 6) is -0.00352. The Morgan fingerprint density at radius 3 is 2.57 bits per heavy atom. The van der Waals surface area contributed by atoms with Crippen molar-refractivity contribution in [3.63, 3.8) is 0 Å². The van der Waals surface area contributed by atoms with Crippen LogP contribution in [-0.4, -0.2) is 12.5 Å². The third-order valence-corrected chi connectivity index (χ3v) is 3.69. The number of fused-ring (bicyclic) bond motifs is 1. The number of benzene rings is 2. The van der Waals surface area contributed by atoms with Crippen molar-refractivity contribution in [3.8, 4) is 0 Å². The first-order chi connectivity index (χ1) is 10.2. The van der Waals surface area contributed by atoms with E-state index in [-0.39, 0.29) is 5.91 Å². The van der Waals surface area contributed by atoms with Crippen molar-refractivity contribution in [2.24, 2.45) is 0 Å². The Morgan fingerprint density at radius 2 is 1.86 bits per heavy atom. The molecule has 0 aromatic heterocycles. The molecule has 1 aliphatic heterocycles. The molecule has 3 heteroatoms. The van der Waals surface area contributed by atoms with E-state index in [9.17, 15) is 4.79 Å². The van der Waals surface area contributed by atoms with Crippen LogP contribution in [0.15, 0.2) is 55.1 Å². The second-order valence-electron chi connectivity index (χ2n) is 5.08. The first-order valence-corrected chi connectivity index (χ1v) is 7.14. The van der Waals surface area contributed by atoms with E-state index in [2.05, 4.69) is 24.9 Å². The molecule has 2 aromatic carbocycles. The van der Waals surface area contributed by atoms with E-state index in [1.54, 1.807) is 4.90 Å². The summed E-state index contributed by atoms with van der Waals surface area (Å²) in [6, 6.07) is 15.6. The summed E-state index contributed by atoms with van der Waals surface area (Å²) in [6.45, 7) is 7.88. The minimum atomic E-state index is -0.00352. The quantitative estimate of drug-likeness (QED) is 0.929. The van der Waals surface area contributed by atoms with Crippen LogP contribution in [-0.2, 0) is 6.54 Å². The van der Waals surface area contributed by atoms with Crippen molar-refractivity contribution in [2.45, 2.75) is 13.5 Å². The van der Waals surface area contributed by atoms with Gasteiger partial charge in [-0.2, -0.15) is 0 Å². The fourth-order valence-corrected chi connectivity index (χ4v) is 2.63. The fraction of sp³-hybridized carbons (Fsp3) is 0.167. The monoisotopic (exact) mass is 278 g/mol. The summed E-state index contributed by atoms with van der Waals surface area (Å²) in [6.07, 6.45) is 0. The van der Waals surface area contributed by atoms with Crippen LogP contribution in [0.3, 0.4) is 0 Å². The lowest BCUT2D eigenvalue weighted by atomic mass is 10.1. The lowest BCUT2D eigenvalue weighted by Gasteiger charge is -2.18. The Morgan fingerprint density at radius 1 is 1.10 bits per heavy atom. The third-order valence-electron chi connectivity index (χ3n) is 3.69. The van der Waals surface area contributed by atoms with E-state index in [0.29, 0.717) is 0 Å². The summed E-state index contributed by atoms with van der Waals surface area (Å²) in [5.41, 5.74) is 4.41. The summed E-state index contributed by atoms with van der Waals surface area (Å²) >= 11 is 0. The summed E-state index contributed by atoms with van der Waals surface area (Å²) in [5, 5.41) is 3.30. The molecule has 1 heterocycles. The van der Waals surface area contributed by atoms with E-state index in [4.69, 9.17) is 0 Å². The van der Waals surface area contributed by atoms with E-state index < -0.39 is 0 Å². The van der Waals surface area contributed by atoms with Gasteiger partial charge in [0.05, 0.1) is 5.70 Å². The van der Waals surface area contributed by atoms with Crippen LogP contribution >= 0.6 is 0 Å². The van der Waals surface area contributed by atoms with Crippen molar-refractivity contribution >= 4 is 17.3 Å². The predicted octanol–water partition coefficient (Wildman–Crippen LogP) is 3.43. The molecule has 0 unspecified atom stereocenters. The van der Waals surface area contributed by atoms with E-state index in [0.717, 1.165) is 41.2 Å². The zero-order valence-corrected chi connectivity index (χ0v) is 12.1. The number of nitrogens with zero attached hydrogens (tertiary/aromatic N) is 1. The van der Waals surface area contributed by atoms with Crippen LogP contribution in [0.25, 0.3) is 5.70 Å². The topological polar surface area (TPSA) is 32.3 Å². The molecule has 0 bridgehead atoms. The van der Waals surface area contributed by atoms with Gasteiger partial charge in [-0.05, 0) is 30.3 Å². The number of nitrogens with one attached hydrogen (secondary N) is 1. The molecule has 2 aromatic rings. The zero-order chi connectivity index (χ0) is 14.8. The van der Waals surface area contributed by atoms with Crippen molar-refractivity contribution in [1.29, 1.82) is 0 Å². The number of rotatable bonds is 4. The normalized spacial score (nSPS) is 13.7. The molecule has 0 saturated carbocycles. The Balaban J connectivity index is 1.95. The van der Waals surface area contributed by atoms with Crippen LogP contribution in [0.2, 0.25) is 0 Å². The van der Waals surface area contributed by atoms with Gasteiger partial charge in [0.2, 0.25) is 0 Å². The summed E-state index contributed by atoms with van der Waals surface area (Å²) in [7, 11) is 0. The lowest BCUT2D eigenvalue weighted by molar-refractivity contribution is 0.101. The maximum Gasteiger partial charge on any atom is 0.263 e. The second-order valence-corrected chi connectivity index (χ2v) is 5.08. The highest BCUT2D eigenvalue weighted by Crippen LogP contribution is 2.35. The van der Waals surface area contributed by atoms with Gasteiger partial charge in [0.15, 0.2) is 0 Å². The maximum atomic E-state index is 12.6. The van der Waals surface area contributed by atoms with Crippen LogP contribution in [0, 0.1) is 0 Å². The molecule has 0 saturated heterocycles. The Labute approximate surface area is 124 Å². The van der Waals surface area contributed by atoms with Crippen molar-refractivity contribution in [1.82, 2.24) is 5.32 Å². The number of carbonyl (C=O) groups excluding carboxylic acids is 1. The highest BCUT2D eigenvalue weighted by Gasteiger charge is 2.31. The molecule has 3 rings (SSSR count). The number of carbonyl (C=O) groups is 1. The second kappa shape index (κ2) is 5.54. The zero-order valence-electron chi connectivity index (χ0n) is 12.1. The van der Waals surface area contributed by atoms with E-state index in [1.165, 1.54) is 0 Å². The molecular formula is C18H18N2O. The minimum Gasteiger partial charge on any atom is -0.313 e. The van der Waals surface area contributed by atoms with Gasteiger partial charge < -0.3 is 5.32 Å². The fourth-order valence-electron chi connectivity index (χ4n) is 2.63. The SMILES string of the molecule is C=C1c2ccccc2C(=O)N1c1cccc(CNCC)c1. The standard InChI is InChI=1S/C18H18N2O/c1-3-19-12-14-7-6-8-15(11-14)20-13(2)16-9-4-5-10-17(16)18(20)21/h4-11,19H,2-3,12H2,1H3. The molecule has 21 heavy (non-hydrogen) atoms. The smallest absolute Gasteiger partial charge is 0.263 e. The molecule has 1 amide bonds. The van der Waals surface area contributed by atoms with Gasteiger partial charge in [-0.25, -0.2) is 0 Å². The summed E-state index contributed by atoms with van der Waals surface area (Å²) < 4.78 is 0. The highest BCUT2D eigenvalue weighted by molar-refractivity contribution is 6.22. The van der Waals surface area contributed by atoms with Crippen molar-refractivity contribution < 1.29 is 4.79 Å². The Hall–Kier alpha value is -2.39. The number of anilines is 1. The first kappa shape index (κ1) is 13.6. The van der Waals surface area contributed by atoms with Gasteiger partial charge in [0.25, 0.3) is 5.91 Å². The Kier molecular flexibility index (Phi) is 3.59. The van der Waals surface area contributed by atoms with Gasteiger partial charge in [-0.3, -0.25) is 9.69 Å². The average Bonchev–Trinajstić information content (AvgIpc) is 2.78. The molecule has 0 radical (unpaired) electrons. The molecule has 0 fully saturated rings. The van der Waals surface area contributed by atoms with Crippen molar-refractivity contribution in [3.05, 3.63) is 71.8 Å². The minimum absolute atomic E-state index is 0.00352. The van der Waals surface area contributed by atoms with Gasteiger partial charge in [0.1, 0.15) is 0 Å². The molecule has 1 N–H and O–H groups in total. The molecule has 0 atom stereocenters. The molecule has 3 nitrogen and oxygen atoms in total. The van der Waals surface area contributed by atoms with E-state index in [1.807, 2.05) is 42.5 Å². The third kappa shape index (κ3) is 2.36. The lowest BCUT2D eigenvalue weighted by Crippen LogP contribution is -2.22. The van der Waals surface area contributed by atoms with Crippen LogP contribution < -0.4 is 10.2 Å². The number of amides is 1. The van der Waals surface area contributed by atoms with Crippen molar-refractivity contribution in [2.75, 3.05) is 11.4 Å². The highest BCUT2D eigenvalue weighted by atomic mass is 16.2. The average molecular weight is 278 g/mol. The molecule has 1 aliphatic rings. The van der Waals surface area contributed by atoms with E-state index >= 15 is 0 Å². The maximum absolute atomic E-state index is 12.6. The van der Waals surface area contributed by atoms with Gasteiger partial charge in [-0.1, -0.05) is 43.8 Å².